The van der Waals surface area contributed by atoms with Crippen LogP contribution in [-0.4, -0.2) is 32.4 Å². The average molecular weight is 381 g/mol. The molecular weight excluding hydrogens is 356 g/mol. The van der Waals surface area contributed by atoms with E-state index in [1.54, 1.807) is 4.31 Å². The van der Waals surface area contributed by atoms with Crippen molar-refractivity contribution in [2.75, 3.05) is 19.6 Å². The van der Waals surface area contributed by atoms with Gasteiger partial charge in [0.2, 0.25) is 10.0 Å². The van der Waals surface area contributed by atoms with E-state index in [1.807, 2.05) is 49.4 Å². The Morgan fingerprint density at radius 3 is 2.44 bits per heavy atom. The highest BCUT2D eigenvalue weighted by Crippen LogP contribution is 2.34. The van der Waals surface area contributed by atoms with Gasteiger partial charge >= 0.3 is 0 Å². The largest absolute Gasteiger partial charge is 0.330 e. The van der Waals surface area contributed by atoms with Gasteiger partial charge < -0.3 is 5.73 Å². The van der Waals surface area contributed by atoms with Crippen LogP contribution in [0.2, 0.25) is 0 Å². The molecule has 0 saturated carbocycles. The van der Waals surface area contributed by atoms with Crippen molar-refractivity contribution >= 4 is 22.4 Å². The third-order valence-electron chi connectivity index (χ3n) is 4.76. The van der Waals surface area contributed by atoms with Gasteiger partial charge in [-0.1, -0.05) is 60.2 Å². The van der Waals surface area contributed by atoms with Gasteiger partial charge in [0.15, 0.2) is 0 Å². The molecule has 0 amide bonds. The van der Waals surface area contributed by atoms with Crippen molar-refractivity contribution < 1.29 is 8.42 Å². The molecule has 0 bridgehead atoms. The summed E-state index contributed by atoms with van der Waals surface area (Å²) in [6.07, 6.45) is 0. The van der Waals surface area contributed by atoms with Crippen molar-refractivity contribution in [1.82, 2.24) is 4.31 Å². The molecule has 0 aliphatic carbocycles. The van der Waals surface area contributed by atoms with E-state index in [0.717, 1.165) is 11.1 Å². The number of benzene rings is 2. The van der Waals surface area contributed by atoms with Crippen LogP contribution >= 0.6 is 12.4 Å². The molecule has 2 N–H and O–H groups in total. The average Bonchev–Trinajstić information content (AvgIpc) is 3.00. The summed E-state index contributed by atoms with van der Waals surface area (Å²) in [6.45, 7) is 3.49. The van der Waals surface area contributed by atoms with Crippen LogP contribution in [0, 0.1) is 12.8 Å². The summed E-state index contributed by atoms with van der Waals surface area (Å²) < 4.78 is 27.3. The zero-order chi connectivity index (χ0) is 17.2. The summed E-state index contributed by atoms with van der Waals surface area (Å²) >= 11 is 0. The molecule has 2 aromatic rings. The molecule has 1 heterocycles. The van der Waals surface area contributed by atoms with Crippen molar-refractivity contribution in [1.29, 1.82) is 0 Å². The number of nitrogens with zero attached hydrogens (tertiary/aromatic N) is 1. The van der Waals surface area contributed by atoms with Crippen LogP contribution < -0.4 is 5.73 Å². The van der Waals surface area contributed by atoms with Crippen molar-refractivity contribution in [2.24, 2.45) is 11.7 Å². The first-order chi connectivity index (χ1) is 11.5. The highest BCUT2D eigenvalue weighted by Gasteiger charge is 2.38. The molecule has 0 spiro atoms. The first-order valence-electron chi connectivity index (χ1n) is 8.28. The lowest BCUT2D eigenvalue weighted by molar-refractivity contribution is 0.458. The fourth-order valence-electron chi connectivity index (χ4n) is 3.48. The van der Waals surface area contributed by atoms with Crippen molar-refractivity contribution in [2.45, 2.75) is 18.6 Å². The topological polar surface area (TPSA) is 63.4 Å². The number of halogens is 1. The van der Waals surface area contributed by atoms with Gasteiger partial charge in [0.05, 0.1) is 5.75 Å². The van der Waals surface area contributed by atoms with E-state index in [9.17, 15) is 8.42 Å². The van der Waals surface area contributed by atoms with E-state index < -0.39 is 10.0 Å². The van der Waals surface area contributed by atoms with Crippen LogP contribution in [0.1, 0.15) is 22.6 Å². The summed E-state index contributed by atoms with van der Waals surface area (Å²) in [6, 6.07) is 17.8. The third kappa shape index (κ3) is 4.61. The van der Waals surface area contributed by atoms with Crippen LogP contribution in [-0.2, 0) is 15.8 Å². The maximum absolute atomic E-state index is 12.8. The SMILES string of the molecule is Cc1cccc(CS(=O)(=O)N2C[C@@H](CN)[C@H](c3ccccc3)C2)c1.Cl. The van der Waals surface area contributed by atoms with Crippen LogP contribution in [0.15, 0.2) is 54.6 Å². The molecule has 25 heavy (non-hydrogen) atoms. The standard InChI is InChI=1S/C19H24N2O2S.ClH/c1-15-6-5-7-16(10-15)14-24(22,23)21-12-18(11-20)19(13-21)17-8-3-2-4-9-17;/h2-10,18-19H,11-14,20H2,1H3;1H/t18-,19+;/m1./s1. The highest BCUT2D eigenvalue weighted by atomic mass is 35.5. The van der Waals surface area contributed by atoms with Gasteiger partial charge in [-0.05, 0) is 30.5 Å². The summed E-state index contributed by atoms with van der Waals surface area (Å²) in [4.78, 5) is 0. The van der Waals surface area contributed by atoms with Crippen molar-refractivity contribution in [3.8, 4) is 0 Å². The number of aryl methyl sites for hydroxylation is 1. The fourth-order valence-corrected chi connectivity index (χ4v) is 5.07. The Morgan fingerprint density at radius 2 is 1.80 bits per heavy atom. The molecule has 0 radical (unpaired) electrons. The lowest BCUT2D eigenvalue weighted by Gasteiger charge is -2.17. The highest BCUT2D eigenvalue weighted by molar-refractivity contribution is 7.88. The molecular formula is C19H25ClN2O2S. The zero-order valence-electron chi connectivity index (χ0n) is 14.3. The number of hydrogen-bond acceptors (Lipinski definition) is 3. The van der Waals surface area contributed by atoms with Crippen LogP contribution in [0.3, 0.4) is 0 Å². The summed E-state index contributed by atoms with van der Waals surface area (Å²) in [5.74, 6) is 0.385. The second kappa shape index (κ2) is 8.32. The zero-order valence-corrected chi connectivity index (χ0v) is 16.0. The van der Waals surface area contributed by atoms with Gasteiger partial charge in [-0.25, -0.2) is 12.7 Å². The minimum absolute atomic E-state index is 0. The Morgan fingerprint density at radius 1 is 1.08 bits per heavy atom. The number of rotatable bonds is 5. The Hall–Kier alpha value is -1.40. The van der Waals surface area contributed by atoms with Gasteiger partial charge in [0, 0.05) is 19.0 Å². The smallest absolute Gasteiger partial charge is 0.218 e. The number of hydrogen-bond donors (Lipinski definition) is 1. The predicted molar refractivity (Wildman–Crippen MR) is 104 cm³/mol. The second-order valence-corrected chi connectivity index (χ2v) is 8.54. The molecule has 2 atom stereocenters. The van der Waals surface area contributed by atoms with Crippen LogP contribution in [0.25, 0.3) is 0 Å². The normalized spacial score (nSPS) is 21.0. The Bertz CT molecular complexity index is 796. The lowest BCUT2D eigenvalue weighted by Crippen LogP contribution is -2.31. The Labute approximate surface area is 156 Å². The molecule has 1 fully saturated rings. The van der Waals surface area contributed by atoms with Crippen molar-refractivity contribution in [3.05, 3.63) is 71.3 Å². The van der Waals surface area contributed by atoms with E-state index in [-0.39, 0.29) is 30.0 Å². The quantitative estimate of drug-likeness (QED) is 0.867. The van der Waals surface area contributed by atoms with E-state index >= 15 is 0 Å². The molecule has 6 heteroatoms. The first kappa shape index (κ1) is 19.9. The van der Waals surface area contributed by atoms with Gasteiger partial charge in [-0.15, -0.1) is 12.4 Å². The Kier molecular flexibility index (Phi) is 6.63. The maximum atomic E-state index is 12.8. The Balaban J connectivity index is 0.00000225. The monoisotopic (exact) mass is 380 g/mol. The molecule has 1 aliphatic heterocycles. The summed E-state index contributed by atoms with van der Waals surface area (Å²) in [5.41, 5.74) is 9.00. The molecule has 2 aromatic carbocycles. The number of sulfonamides is 1. The van der Waals surface area contributed by atoms with E-state index in [0.29, 0.717) is 19.6 Å². The third-order valence-corrected chi connectivity index (χ3v) is 6.55. The van der Waals surface area contributed by atoms with Crippen LogP contribution in [0.4, 0.5) is 0 Å². The molecule has 0 aromatic heterocycles. The van der Waals surface area contributed by atoms with E-state index in [4.69, 9.17) is 5.73 Å². The molecule has 3 rings (SSSR count). The van der Waals surface area contributed by atoms with Crippen LogP contribution in [0.5, 0.6) is 0 Å². The minimum atomic E-state index is -3.34. The first-order valence-corrected chi connectivity index (χ1v) is 9.89. The number of nitrogens with two attached hydrogens (primary N) is 1. The molecule has 1 saturated heterocycles. The van der Waals surface area contributed by atoms with E-state index in [1.165, 1.54) is 5.56 Å². The molecule has 0 unspecified atom stereocenters. The molecule has 1 aliphatic rings. The summed E-state index contributed by atoms with van der Waals surface area (Å²) in [7, 11) is -3.34. The fraction of sp³-hybridized carbons (Fsp3) is 0.368. The van der Waals surface area contributed by atoms with Crippen molar-refractivity contribution in [3.63, 3.8) is 0 Å². The lowest BCUT2D eigenvalue weighted by atomic mass is 9.89. The second-order valence-electron chi connectivity index (χ2n) is 6.58. The van der Waals surface area contributed by atoms with Gasteiger partial charge in [-0.3, -0.25) is 0 Å². The molecule has 4 nitrogen and oxygen atoms in total. The maximum Gasteiger partial charge on any atom is 0.218 e. The van der Waals surface area contributed by atoms with Gasteiger partial charge in [-0.2, -0.15) is 0 Å². The minimum Gasteiger partial charge on any atom is -0.330 e. The summed E-state index contributed by atoms with van der Waals surface area (Å²) in [5, 5.41) is 0. The molecule has 136 valence electrons. The van der Waals surface area contributed by atoms with Gasteiger partial charge in [0.1, 0.15) is 0 Å². The van der Waals surface area contributed by atoms with E-state index in [2.05, 4.69) is 12.1 Å². The van der Waals surface area contributed by atoms with Gasteiger partial charge in [0.25, 0.3) is 0 Å². The predicted octanol–water partition coefficient (Wildman–Crippen LogP) is 2.92.